The Morgan fingerprint density at radius 3 is 2.44 bits per heavy atom. The zero-order chi connectivity index (χ0) is 19.4. The van der Waals surface area contributed by atoms with Crippen LogP contribution in [0.25, 0.3) is 6.08 Å². The lowest BCUT2D eigenvalue weighted by Crippen LogP contribution is -2.28. The lowest BCUT2D eigenvalue weighted by molar-refractivity contribution is -0.126. The number of aromatic hydroxyl groups is 1. The van der Waals surface area contributed by atoms with Gasteiger partial charge in [0.25, 0.3) is 5.91 Å². The maximum atomic E-state index is 12.4. The highest BCUT2D eigenvalue weighted by Gasteiger charge is 2.23. The number of benzene rings is 2. The summed E-state index contributed by atoms with van der Waals surface area (Å²) in [7, 11) is 1.70. The number of carbonyl (C=O) groups excluding carboxylic acids is 2. The fraction of sp³-hybridized carbons (Fsp3) is 0.273. The number of phenolic OH excluding ortho intramolecular Hbond substituents is 1. The van der Waals surface area contributed by atoms with E-state index in [2.05, 4.69) is 5.32 Å². The third kappa shape index (κ3) is 4.76. The molecule has 1 atom stereocenters. The minimum Gasteiger partial charge on any atom is -0.508 e. The Labute approximate surface area is 159 Å². The first-order valence-electron chi connectivity index (χ1n) is 9.09. The number of amides is 2. The largest absolute Gasteiger partial charge is 0.508 e. The molecule has 5 nitrogen and oxygen atoms in total. The van der Waals surface area contributed by atoms with Crippen molar-refractivity contribution in [2.24, 2.45) is 0 Å². The Kier molecular flexibility index (Phi) is 5.60. The molecule has 1 saturated carbocycles. The number of hydrogen-bond acceptors (Lipinski definition) is 3. The van der Waals surface area contributed by atoms with E-state index in [1.165, 1.54) is 6.08 Å². The summed E-state index contributed by atoms with van der Waals surface area (Å²) in [5, 5.41) is 12.9. The van der Waals surface area contributed by atoms with Crippen molar-refractivity contribution in [3.8, 4) is 5.75 Å². The highest BCUT2D eigenvalue weighted by Crippen LogP contribution is 2.27. The van der Waals surface area contributed by atoms with Crippen LogP contribution in [0.15, 0.2) is 54.6 Å². The van der Waals surface area contributed by atoms with Crippen LogP contribution in [0.2, 0.25) is 0 Å². The van der Waals surface area contributed by atoms with Crippen molar-refractivity contribution in [2.75, 3.05) is 7.05 Å². The first-order chi connectivity index (χ1) is 13.0. The number of carbonyl (C=O) groups is 2. The van der Waals surface area contributed by atoms with E-state index in [4.69, 9.17) is 0 Å². The topological polar surface area (TPSA) is 69.6 Å². The minimum atomic E-state index is -0.253. The summed E-state index contributed by atoms with van der Waals surface area (Å²) in [5.74, 6) is -0.0460. The number of hydrogen-bond donors (Lipinski definition) is 2. The number of likely N-dealkylation sites (N-methyl/N-ethyl adjacent to an activating group) is 1. The van der Waals surface area contributed by atoms with Crippen molar-refractivity contribution in [1.29, 1.82) is 0 Å². The Morgan fingerprint density at radius 1 is 1.15 bits per heavy atom. The van der Waals surface area contributed by atoms with Gasteiger partial charge in [0.1, 0.15) is 5.75 Å². The van der Waals surface area contributed by atoms with Crippen molar-refractivity contribution in [2.45, 2.75) is 31.8 Å². The molecule has 0 heterocycles. The molecule has 3 rings (SSSR count). The van der Waals surface area contributed by atoms with Crippen molar-refractivity contribution < 1.29 is 14.7 Å². The molecule has 140 valence electrons. The summed E-state index contributed by atoms with van der Waals surface area (Å²) in [6.07, 6.45) is 5.33. The van der Waals surface area contributed by atoms with Crippen molar-refractivity contribution >= 4 is 17.9 Å². The summed E-state index contributed by atoms with van der Waals surface area (Å²) in [4.78, 5) is 26.0. The molecule has 1 aliphatic carbocycles. The summed E-state index contributed by atoms with van der Waals surface area (Å²) < 4.78 is 0. The number of nitrogens with one attached hydrogen (secondary N) is 1. The molecule has 1 unspecified atom stereocenters. The van der Waals surface area contributed by atoms with Gasteiger partial charge in [0.15, 0.2) is 0 Å². The van der Waals surface area contributed by atoms with Crippen LogP contribution >= 0.6 is 0 Å². The lowest BCUT2D eigenvalue weighted by Gasteiger charge is -2.24. The van der Waals surface area contributed by atoms with E-state index in [0.717, 1.165) is 18.4 Å². The van der Waals surface area contributed by atoms with Crippen LogP contribution in [0.5, 0.6) is 5.75 Å². The second kappa shape index (κ2) is 8.08. The van der Waals surface area contributed by atoms with Gasteiger partial charge < -0.3 is 15.3 Å². The number of nitrogens with zero attached hydrogens (tertiary/aromatic N) is 1. The highest BCUT2D eigenvalue weighted by molar-refractivity contribution is 5.95. The van der Waals surface area contributed by atoms with Crippen molar-refractivity contribution in [3.63, 3.8) is 0 Å². The van der Waals surface area contributed by atoms with Gasteiger partial charge in [-0.1, -0.05) is 30.3 Å². The number of para-hydroxylation sites is 1. The quantitative estimate of drug-likeness (QED) is 0.771. The fourth-order valence-electron chi connectivity index (χ4n) is 2.77. The monoisotopic (exact) mass is 364 g/mol. The summed E-state index contributed by atoms with van der Waals surface area (Å²) in [6, 6.07) is 14.2. The third-order valence-corrected chi connectivity index (χ3v) is 4.82. The Morgan fingerprint density at radius 2 is 1.81 bits per heavy atom. The fourth-order valence-corrected chi connectivity index (χ4v) is 2.77. The summed E-state index contributed by atoms with van der Waals surface area (Å²) in [6.45, 7) is 1.87. The standard InChI is InChI=1S/C22H24N2O3/c1-15(19-5-3-4-6-20(19)25)24(2)21(26)14-9-16-7-10-17(11-8-16)22(27)23-18-12-13-18/h3-11,14-15,18,25H,12-13H2,1-2H3,(H,23,27). The van der Waals surface area contributed by atoms with Crippen molar-refractivity contribution in [3.05, 3.63) is 71.3 Å². The maximum Gasteiger partial charge on any atom is 0.251 e. The molecule has 2 amide bonds. The SMILES string of the molecule is CC(c1ccccc1O)N(C)C(=O)C=Cc1ccc(C(=O)NC2CC2)cc1. The zero-order valence-corrected chi connectivity index (χ0v) is 15.6. The number of rotatable bonds is 6. The predicted octanol–water partition coefficient (Wildman–Crippen LogP) is 3.52. The van der Waals surface area contributed by atoms with Crippen LogP contribution in [0.4, 0.5) is 0 Å². The first kappa shape index (κ1) is 18.7. The third-order valence-electron chi connectivity index (χ3n) is 4.82. The average Bonchev–Trinajstić information content (AvgIpc) is 3.49. The van der Waals surface area contributed by atoms with E-state index in [9.17, 15) is 14.7 Å². The molecule has 0 aromatic heterocycles. The molecule has 0 aliphatic heterocycles. The van der Waals surface area contributed by atoms with Gasteiger partial charge in [-0.2, -0.15) is 0 Å². The van der Waals surface area contributed by atoms with Gasteiger partial charge in [0, 0.05) is 30.3 Å². The van der Waals surface area contributed by atoms with Gasteiger partial charge in [0.2, 0.25) is 5.91 Å². The minimum absolute atomic E-state index is 0.0552. The van der Waals surface area contributed by atoms with Crippen molar-refractivity contribution in [1.82, 2.24) is 10.2 Å². The van der Waals surface area contributed by atoms with Gasteiger partial charge in [-0.05, 0) is 49.6 Å². The van der Waals surface area contributed by atoms with Gasteiger partial charge in [-0.15, -0.1) is 0 Å². The van der Waals surface area contributed by atoms with Crippen LogP contribution in [0.3, 0.4) is 0 Å². The molecule has 1 fully saturated rings. The van der Waals surface area contributed by atoms with Crippen LogP contribution in [0, 0.1) is 0 Å². The Bertz CT molecular complexity index is 854. The molecule has 0 saturated heterocycles. The van der Waals surface area contributed by atoms with Gasteiger partial charge >= 0.3 is 0 Å². The van der Waals surface area contributed by atoms with Crippen LogP contribution in [0.1, 0.15) is 47.3 Å². The van der Waals surface area contributed by atoms with E-state index >= 15 is 0 Å². The highest BCUT2D eigenvalue weighted by atomic mass is 16.3. The van der Waals surface area contributed by atoms with Gasteiger partial charge in [-0.25, -0.2) is 0 Å². The molecule has 0 bridgehead atoms. The molecule has 0 spiro atoms. The molecule has 0 radical (unpaired) electrons. The predicted molar refractivity (Wildman–Crippen MR) is 105 cm³/mol. The molecule has 2 N–H and O–H groups in total. The van der Waals surface area contributed by atoms with Crippen LogP contribution in [-0.2, 0) is 4.79 Å². The van der Waals surface area contributed by atoms with E-state index < -0.39 is 0 Å². The van der Waals surface area contributed by atoms with Crippen LogP contribution < -0.4 is 5.32 Å². The Balaban J connectivity index is 1.61. The molecule has 1 aliphatic rings. The molecule has 2 aromatic rings. The lowest BCUT2D eigenvalue weighted by atomic mass is 10.1. The molecule has 5 heteroatoms. The van der Waals surface area contributed by atoms with Crippen LogP contribution in [-0.4, -0.2) is 34.9 Å². The summed E-state index contributed by atoms with van der Waals surface area (Å²) in [5.41, 5.74) is 2.17. The van der Waals surface area contributed by atoms with Gasteiger partial charge in [0.05, 0.1) is 6.04 Å². The molecular weight excluding hydrogens is 340 g/mol. The van der Waals surface area contributed by atoms with Gasteiger partial charge in [-0.3, -0.25) is 9.59 Å². The van der Waals surface area contributed by atoms with E-state index in [1.54, 1.807) is 48.4 Å². The molecular formula is C22H24N2O3. The normalized spacial score (nSPS) is 14.7. The van der Waals surface area contributed by atoms with E-state index in [1.807, 2.05) is 25.1 Å². The average molecular weight is 364 g/mol. The second-order valence-electron chi connectivity index (χ2n) is 6.89. The zero-order valence-electron chi connectivity index (χ0n) is 15.6. The first-order valence-corrected chi connectivity index (χ1v) is 9.09. The molecule has 2 aromatic carbocycles. The smallest absolute Gasteiger partial charge is 0.251 e. The Hall–Kier alpha value is -3.08. The molecule has 27 heavy (non-hydrogen) atoms. The number of phenols is 1. The second-order valence-corrected chi connectivity index (χ2v) is 6.89. The summed E-state index contributed by atoms with van der Waals surface area (Å²) >= 11 is 0. The maximum absolute atomic E-state index is 12.4. The van der Waals surface area contributed by atoms with E-state index in [-0.39, 0.29) is 23.6 Å². The van der Waals surface area contributed by atoms with E-state index in [0.29, 0.717) is 17.2 Å².